The average Bonchev–Trinajstić information content (AvgIpc) is 3.17. The van der Waals surface area contributed by atoms with Crippen molar-refractivity contribution in [3.05, 3.63) is 74.1 Å². The van der Waals surface area contributed by atoms with Gasteiger partial charge in [0.25, 0.3) is 5.56 Å². The van der Waals surface area contributed by atoms with Crippen LogP contribution in [0.5, 0.6) is 0 Å². The summed E-state index contributed by atoms with van der Waals surface area (Å²) in [6.07, 6.45) is 7.74. The van der Waals surface area contributed by atoms with E-state index in [1.165, 1.54) is 27.5 Å². The standard InChI is InChI=1S/C25H31N5O3/c1-3-30-23-22(18(2)27-30)28(17-21(31)26-15-14-19-10-6-4-7-11-19)25(33)29(24(23)32)16-20-12-8-5-9-13-20/h5,8-10,12-13H,3-4,6-7,11,14-17H2,1-2H3,(H,26,31). The summed E-state index contributed by atoms with van der Waals surface area (Å²) in [7, 11) is 0. The monoisotopic (exact) mass is 449 g/mol. The molecule has 0 atom stereocenters. The topological polar surface area (TPSA) is 90.9 Å². The Hall–Kier alpha value is -3.42. The first-order chi connectivity index (χ1) is 16.0. The molecule has 1 N–H and O–H groups in total. The Kier molecular flexibility index (Phi) is 6.91. The number of hydrogen-bond acceptors (Lipinski definition) is 4. The van der Waals surface area contributed by atoms with Gasteiger partial charge in [-0.25, -0.2) is 4.79 Å². The summed E-state index contributed by atoms with van der Waals surface area (Å²) in [5.41, 5.74) is 2.69. The molecule has 0 fully saturated rings. The lowest BCUT2D eigenvalue weighted by Gasteiger charge is -2.15. The van der Waals surface area contributed by atoms with E-state index in [0.717, 1.165) is 24.8 Å². The van der Waals surface area contributed by atoms with Crippen molar-refractivity contribution in [3.8, 4) is 0 Å². The Labute approximate surface area is 192 Å². The summed E-state index contributed by atoms with van der Waals surface area (Å²) < 4.78 is 4.20. The second-order valence-electron chi connectivity index (χ2n) is 8.55. The fourth-order valence-corrected chi connectivity index (χ4v) is 4.54. The van der Waals surface area contributed by atoms with Gasteiger partial charge >= 0.3 is 5.69 Å². The van der Waals surface area contributed by atoms with Gasteiger partial charge in [0.2, 0.25) is 5.91 Å². The molecule has 3 aromatic rings. The number of benzene rings is 1. The molecule has 1 aromatic carbocycles. The molecule has 0 unspecified atom stereocenters. The fraction of sp³-hybridized carbons (Fsp3) is 0.440. The molecular formula is C25H31N5O3. The smallest absolute Gasteiger partial charge is 0.332 e. The molecule has 8 nitrogen and oxygen atoms in total. The molecule has 0 saturated heterocycles. The number of nitrogens with zero attached hydrogens (tertiary/aromatic N) is 4. The molecule has 0 bridgehead atoms. The van der Waals surface area contributed by atoms with Crippen LogP contribution in [0.4, 0.5) is 0 Å². The minimum Gasteiger partial charge on any atom is -0.354 e. The predicted octanol–water partition coefficient (Wildman–Crippen LogP) is 2.74. The number of nitrogens with one attached hydrogen (secondary N) is 1. The van der Waals surface area contributed by atoms with E-state index in [1.54, 1.807) is 11.6 Å². The highest BCUT2D eigenvalue weighted by Gasteiger charge is 2.21. The zero-order valence-corrected chi connectivity index (χ0v) is 19.3. The number of carbonyl (C=O) groups excluding carboxylic acids is 1. The number of aromatic nitrogens is 4. The highest BCUT2D eigenvalue weighted by Crippen LogP contribution is 2.19. The summed E-state index contributed by atoms with van der Waals surface area (Å²) in [4.78, 5) is 39.5. The lowest BCUT2D eigenvalue weighted by atomic mass is 9.97. The van der Waals surface area contributed by atoms with Crippen molar-refractivity contribution >= 4 is 16.9 Å². The van der Waals surface area contributed by atoms with Crippen LogP contribution in [0, 0.1) is 6.92 Å². The molecule has 0 spiro atoms. The van der Waals surface area contributed by atoms with Crippen LogP contribution < -0.4 is 16.6 Å². The molecular weight excluding hydrogens is 418 g/mol. The van der Waals surface area contributed by atoms with Gasteiger partial charge in [0.1, 0.15) is 12.1 Å². The number of allylic oxidation sites excluding steroid dienone is 1. The van der Waals surface area contributed by atoms with Crippen molar-refractivity contribution in [2.45, 2.75) is 65.6 Å². The van der Waals surface area contributed by atoms with E-state index in [0.29, 0.717) is 29.8 Å². The zero-order chi connectivity index (χ0) is 23.4. The maximum Gasteiger partial charge on any atom is 0.332 e. The Morgan fingerprint density at radius 1 is 1.09 bits per heavy atom. The molecule has 0 radical (unpaired) electrons. The summed E-state index contributed by atoms with van der Waals surface area (Å²) in [5, 5.41) is 7.39. The van der Waals surface area contributed by atoms with E-state index in [-0.39, 0.29) is 24.6 Å². The van der Waals surface area contributed by atoms with Crippen molar-refractivity contribution in [1.82, 2.24) is 24.2 Å². The molecule has 0 saturated carbocycles. The van der Waals surface area contributed by atoms with E-state index in [4.69, 9.17) is 0 Å². The third-order valence-electron chi connectivity index (χ3n) is 6.21. The van der Waals surface area contributed by atoms with Crippen LogP contribution in [-0.2, 0) is 24.4 Å². The van der Waals surface area contributed by atoms with Crippen molar-refractivity contribution in [2.75, 3.05) is 6.54 Å². The maximum atomic E-state index is 13.4. The fourth-order valence-electron chi connectivity index (χ4n) is 4.54. The normalized spacial score (nSPS) is 13.8. The zero-order valence-electron chi connectivity index (χ0n) is 19.3. The van der Waals surface area contributed by atoms with Gasteiger partial charge in [-0.3, -0.25) is 23.4 Å². The van der Waals surface area contributed by atoms with Gasteiger partial charge in [-0.2, -0.15) is 5.10 Å². The number of hydrogen-bond donors (Lipinski definition) is 1. The molecule has 1 aliphatic carbocycles. The van der Waals surface area contributed by atoms with Gasteiger partial charge in [0.15, 0.2) is 5.52 Å². The van der Waals surface area contributed by atoms with Gasteiger partial charge < -0.3 is 5.32 Å². The lowest BCUT2D eigenvalue weighted by Crippen LogP contribution is -2.43. The Bertz CT molecular complexity index is 1300. The van der Waals surface area contributed by atoms with Gasteiger partial charge in [0.05, 0.1) is 12.2 Å². The van der Waals surface area contributed by atoms with Crippen LogP contribution in [0.1, 0.15) is 50.3 Å². The Morgan fingerprint density at radius 2 is 1.88 bits per heavy atom. The van der Waals surface area contributed by atoms with Crippen LogP contribution in [0.15, 0.2) is 51.6 Å². The first-order valence-electron chi connectivity index (χ1n) is 11.7. The van der Waals surface area contributed by atoms with E-state index in [9.17, 15) is 14.4 Å². The van der Waals surface area contributed by atoms with Crippen LogP contribution in [0.3, 0.4) is 0 Å². The van der Waals surface area contributed by atoms with Gasteiger partial charge in [0, 0.05) is 13.1 Å². The molecule has 33 heavy (non-hydrogen) atoms. The minimum atomic E-state index is -0.500. The molecule has 0 aliphatic heterocycles. The van der Waals surface area contributed by atoms with Crippen LogP contribution in [-0.4, -0.2) is 31.4 Å². The largest absolute Gasteiger partial charge is 0.354 e. The minimum absolute atomic E-state index is 0.137. The van der Waals surface area contributed by atoms with Crippen LogP contribution in [0.2, 0.25) is 0 Å². The quantitative estimate of drug-likeness (QED) is 0.536. The first kappa shape index (κ1) is 22.8. The number of amides is 1. The molecule has 2 heterocycles. The second kappa shape index (κ2) is 10.0. The summed E-state index contributed by atoms with van der Waals surface area (Å²) in [6, 6.07) is 9.36. The van der Waals surface area contributed by atoms with Gasteiger partial charge in [-0.1, -0.05) is 42.0 Å². The lowest BCUT2D eigenvalue weighted by molar-refractivity contribution is -0.121. The number of aryl methyl sites for hydroxylation is 2. The third-order valence-corrected chi connectivity index (χ3v) is 6.21. The van der Waals surface area contributed by atoms with Crippen molar-refractivity contribution in [2.24, 2.45) is 0 Å². The van der Waals surface area contributed by atoms with E-state index < -0.39 is 5.69 Å². The predicted molar refractivity (Wildman–Crippen MR) is 128 cm³/mol. The summed E-state index contributed by atoms with van der Waals surface area (Å²) in [5.74, 6) is -0.247. The summed E-state index contributed by atoms with van der Waals surface area (Å²) >= 11 is 0. The number of fused-ring (bicyclic) bond motifs is 1. The van der Waals surface area contributed by atoms with Gasteiger partial charge in [-0.15, -0.1) is 0 Å². The SMILES string of the molecule is CCn1nc(C)c2c1c(=O)n(Cc1ccccc1)c(=O)n2CC(=O)NCCC1=CCCCC1. The van der Waals surface area contributed by atoms with Crippen molar-refractivity contribution in [3.63, 3.8) is 0 Å². The number of carbonyl (C=O) groups is 1. The molecule has 4 rings (SSSR count). The average molecular weight is 450 g/mol. The molecule has 1 aliphatic rings. The molecule has 174 valence electrons. The molecule has 1 amide bonds. The maximum absolute atomic E-state index is 13.4. The highest BCUT2D eigenvalue weighted by atomic mass is 16.2. The Balaban J connectivity index is 1.66. The number of rotatable bonds is 8. The highest BCUT2D eigenvalue weighted by molar-refractivity contribution is 5.81. The molecule has 8 heteroatoms. The first-order valence-corrected chi connectivity index (χ1v) is 11.7. The van der Waals surface area contributed by atoms with Crippen LogP contribution >= 0.6 is 0 Å². The molecule has 2 aromatic heterocycles. The van der Waals surface area contributed by atoms with E-state index in [1.807, 2.05) is 37.3 Å². The van der Waals surface area contributed by atoms with Crippen molar-refractivity contribution < 1.29 is 4.79 Å². The van der Waals surface area contributed by atoms with Crippen molar-refractivity contribution in [1.29, 1.82) is 0 Å². The summed E-state index contributed by atoms with van der Waals surface area (Å²) in [6.45, 7) is 4.68. The van der Waals surface area contributed by atoms with E-state index >= 15 is 0 Å². The third kappa shape index (κ3) is 4.84. The van der Waals surface area contributed by atoms with Gasteiger partial charge in [-0.05, 0) is 51.5 Å². The van der Waals surface area contributed by atoms with Crippen LogP contribution in [0.25, 0.3) is 11.0 Å². The Morgan fingerprint density at radius 3 is 2.58 bits per heavy atom. The second-order valence-corrected chi connectivity index (χ2v) is 8.55. The van der Waals surface area contributed by atoms with E-state index in [2.05, 4.69) is 16.5 Å².